The summed E-state index contributed by atoms with van der Waals surface area (Å²) in [6.45, 7) is 7.18. The molecule has 11 nitrogen and oxygen atoms in total. The van der Waals surface area contributed by atoms with Gasteiger partial charge >= 0.3 is 11.8 Å². The zero-order chi connectivity index (χ0) is 25.3. The Labute approximate surface area is 207 Å². The van der Waals surface area contributed by atoms with Gasteiger partial charge in [-0.15, -0.1) is 5.10 Å². The molecule has 0 saturated heterocycles. The first kappa shape index (κ1) is 23.3. The van der Waals surface area contributed by atoms with E-state index in [4.69, 9.17) is 14.2 Å². The second kappa shape index (κ2) is 9.33. The molecule has 1 aliphatic rings. The SMILES string of the molecule is CC(C)c1ccc(OCc2cn(-c3ccc(OC[C@@]4(C)Cn5cc([N+](=O)[O-])nc5O4)cc3)nn2)cc1. The van der Waals surface area contributed by atoms with E-state index in [1.165, 1.54) is 11.8 Å². The second-order valence-corrected chi connectivity index (χ2v) is 9.27. The average molecular weight is 491 g/mol. The van der Waals surface area contributed by atoms with Gasteiger partial charge in [-0.2, -0.15) is 0 Å². The number of nitrogens with zero attached hydrogens (tertiary/aromatic N) is 6. The maximum atomic E-state index is 10.9. The van der Waals surface area contributed by atoms with Crippen molar-refractivity contribution in [3.8, 4) is 23.2 Å². The van der Waals surface area contributed by atoms with Crippen molar-refractivity contribution in [3.05, 3.63) is 82.3 Å². The van der Waals surface area contributed by atoms with E-state index < -0.39 is 10.5 Å². The molecule has 186 valence electrons. The van der Waals surface area contributed by atoms with Crippen LogP contribution in [0.3, 0.4) is 0 Å². The molecular weight excluding hydrogens is 464 g/mol. The number of rotatable bonds is 9. The van der Waals surface area contributed by atoms with E-state index in [0.717, 1.165) is 11.4 Å². The first-order valence-corrected chi connectivity index (χ1v) is 11.6. The van der Waals surface area contributed by atoms with Crippen LogP contribution >= 0.6 is 0 Å². The highest BCUT2D eigenvalue weighted by Crippen LogP contribution is 2.31. The van der Waals surface area contributed by atoms with Gasteiger partial charge in [-0.05, 0) is 59.7 Å². The van der Waals surface area contributed by atoms with Gasteiger partial charge in [0.15, 0.2) is 5.60 Å². The van der Waals surface area contributed by atoms with Crippen molar-refractivity contribution in [1.29, 1.82) is 0 Å². The third-order valence-corrected chi connectivity index (χ3v) is 5.88. The molecule has 1 aliphatic heterocycles. The number of hydrogen-bond donors (Lipinski definition) is 0. The van der Waals surface area contributed by atoms with Crippen LogP contribution in [0.2, 0.25) is 0 Å². The van der Waals surface area contributed by atoms with Crippen molar-refractivity contribution >= 4 is 5.82 Å². The van der Waals surface area contributed by atoms with Crippen LogP contribution in [0.1, 0.15) is 37.9 Å². The molecule has 0 unspecified atom stereocenters. The van der Waals surface area contributed by atoms with Gasteiger partial charge in [-0.1, -0.05) is 31.2 Å². The third kappa shape index (κ3) is 4.99. The minimum absolute atomic E-state index is 0.224. The first-order valence-electron chi connectivity index (χ1n) is 11.6. The molecule has 0 saturated carbocycles. The topological polar surface area (TPSA) is 119 Å². The monoisotopic (exact) mass is 490 g/mol. The molecule has 2 aromatic carbocycles. The average Bonchev–Trinajstić information content (AvgIpc) is 3.56. The number of fused-ring (bicyclic) bond motifs is 1. The third-order valence-electron chi connectivity index (χ3n) is 5.88. The van der Waals surface area contributed by atoms with E-state index in [0.29, 0.717) is 30.5 Å². The molecule has 0 aliphatic carbocycles. The number of nitro groups is 1. The normalized spacial score (nSPS) is 16.6. The minimum Gasteiger partial charge on any atom is -0.489 e. The van der Waals surface area contributed by atoms with Gasteiger partial charge in [0, 0.05) is 4.98 Å². The summed E-state index contributed by atoms with van der Waals surface area (Å²) in [5.74, 6) is 1.70. The summed E-state index contributed by atoms with van der Waals surface area (Å²) in [5, 5.41) is 19.2. The maximum absolute atomic E-state index is 10.9. The van der Waals surface area contributed by atoms with Gasteiger partial charge < -0.3 is 24.3 Å². The highest BCUT2D eigenvalue weighted by atomic mass is 16.6. The molecule has 11 heteroatoms. The zero-order valence-corrected chi connectivity index (χ0v) is 20.2. The largest absolute Gasteiger partial charge is 0.489 e. The van der Waals surface area contributed by atoms with Crippen LogP contribution in [0.5, 0.6) is 17.5 Å². The number of hydrogen-bond acceptors (Lipinski definition) is 8. The van der Waals surface area contributed by atoms with Crippen molar-refractivity contribution in [2.45, 2.75) is 45.4 Å². The Kier molecular flexibility index (Phi) is 6.05. The lowest BCUT2D eigenvalue weighted by Gasteiger charge is -2.22. The molecule has 0 radical (unpaired) electrons. The van der Waals surface area contributed by atoms with Gasteiger partial charge in [0.25, 0.3) is 0 Å². The Morgan fingerprint density at radius 3 is 2.44 bits per heavy atom. The molecule has 0 amide bonds. The van der Waals surface area contributed by atoms with E-state index in [9.17, 15) is 10.1 Å². The second-order valence-electron chi connectivity index (χ2n) is 9.27. The number of aromatic nitrogens is 5. The highest BCUT2D eigenvalue weighted by molar-refractivity contribution is 5.37. The Bertz CT molecular complexity index is 1340. The fourth-order valence-corrected chi connectivity index (χ4v) is 3.88. The molecule has 1 atom stereocenters. The first-order chi connectivity index (χ1) is 17.3. The van der Waals surface area contributed by atoms with Crippen molar-refractivity contribution in [2.75, 3.05) is 6.61 Å². The minimum atomic E-state index is -0.675. The summed E-state index contributed by atoms with van der Waals surface area (Å²) in [7, 11) is 0. The number of imidazole rings is 1. The summed E-state index contributed by atoms with van der Waals surface area (Å²) in [5.41, 5.74) is 2.14. The Morgan fingerprint density at radius 2 is 1.78 bits per heavy atom. The van der Waals surface area contributed by atoms with E-state index in [-0.39, 0.29) is 18.4 Å². The maximum Gasteiger partial charge on any atom is 0.415 e. The molecular formula is C25H26N6O5. The molecule has 0 N–H and O–H groups in total. The molecule has 0 fully saturated rings. The van der Waals surface area contributed by atoms with Crippen LogP contribution in [0.15, 0.2) is 60.9 Å². The van der Waals surface area contributed by atoms with Crippen LogP contribution in [-0.4, -0.2) is 41.7 Å². The van der Waals surface area contributed by atoms with Crippen molar-refractivity contribution < 1.29 is 19.1 Å². The summed E-state index contributed by atoms with van der Waals surface area (Å²) in [6, 6.07) is 15.7. The zero-order valence-electron chi connectivity index (χ0n) is 20.2. The summed E-state index contributed by atoms with van der Waals surface area (Å²) < 4.78 is 20.8. The van der Waals surface area contributed by atoms with Crippen LogP contribution < -0.4 is 14.2 Å². The Hall–Kier alpha value is -4.41. The predicted molar refractivity (Wildman–Crippen MR) is 130 cm³/mol. The van der Waals surface area contributed by atoms with Gasteiger partial charge in [-0.3, -0.25) is 4.57 Å². The number of benzene rings is 2. The lowest BCUT2D eigenvalue weighted by atomic mass is 10.0. The van der Waals surface area contributed by atoms with Crippen LogP contribution in [0, 0.1) is 10.1 Å². The van der Waals surface area contributed by atoms with E-state index in [1.54, 1.807) is 9.25 Å². The van der Waals surface area contributed by atoms with E-state index in [2.05, 4.69) is 41.3 Å². The van der Waals surface area contributed by atoms with Crippen molar-refractivity contribution in [2.24, 2.45) is 0 Å². The molecule has 5 rings (SSSR count). The quantitative estimate of drug-likeness (QED) is 0.252. The highest BCUT2D eigenvalue weighted by Gasteiger charge is 2.41. The molecule has 2 aromatic heterocycles. The summed E-state index contributed by atoms with van der Waals surface area (Å²) in [4.78, 5) is 14.2. The van der Waals surface area contributed by atoms with Crippen LogP contribution in [0.25, 0.3) is 5.69 Å². The van der Waals surface area contributed by atoms with Gasteiger partial charge in [-0.25, -0.2) is 4.68 Å². The Morgan fingerprint density at radius 1 is 1.08 bits per heavy atom. The van der Waals surface area contributed by atoms with Gasteiger partial charge in [0.1, 0.15) is 36.6 Å². The number of ether oxygens (including phenoxy) is 3. The van der Waals surface area contributed by atoms with Crippen LogP contribution in [0.4, 0.5) is 5.82 Å². The Balaban J connectivity index is 1.14. The predicted octanol–water partition coefficient (Wildman–Crippen LogP) is 4.30. The van der Waals surface area contributed by atoms with Crippen molar-refractivity contribution in [3.63, 3.8) is 0 Å². The molecule has 4 aromatic rings. The van der Waals surface area contributed by atoms with E-state index in [1.807, 2.05) is 49.5 Å². The summed E-state index contributed by atoms with van der Waals surface area (Å²) in [6.07, 6.45) is 3.20. The summed E-state index contributed by atoms with van der Waals surface area (Å²) >= 11 is 0. The molecule has 3 heterocycles. The van der Waals surface area contributed by atoms with Gasteiger partial charge in [0.2, 0.25) is 0 Å². The fourth-order valence-electron chi connectivity index (χ4n) is 3.88. The smallest absolute Gasteiger partial charge is 0.415 e. The van der Waals surface area contributed by atoms with Crippen molar-refractivity contribution in [1.82, 2.24) is 24.5 Å². The van der Waals surface area contributed by atoms with Crippen LogP contribution in [-0.2, 0) is 13.2 Å². The fraction of sp³-hybridized carbons (Fsp3) is 0.320. The van der Waals surface area contributed by atoms with Gasteiger partial charge in [0.05, 0.1) is 18.4 Å². The molecule has 0 bridgehead atoms. The molecule has 0 spiro atoms. The lowest BCUT2D eigenvalue weighted by molar-refractivity contribution is -0.389. The molecule has 36 heavy (non-hydrogen) atoms. The standard InChI is InChI=1S/C25H26N6O5/c1-17(2)18-4-8-21(9-5-18)34-14-19-12-30(28-27-19)20-6-10-22(11-7-20)35-16-25(3)15-29-13-23(31(32)33)26-24(29)36-25/h4-13,17H,14-16H2,1-3H3/t25-/m1/s1. The lowest BCUT2D eigenvalue weighted by Crippen LogP contribution is -2.38. The van der Waals surface area contributed by atoms with E-state index >= 15 is 0 Å².